The van der Waals surface area contributed by atoms with Gasteiger partial charge < -0.3 is 34.4 Å². The lowest BCUT2D eigenvalue weighted by Gasteiger charge is -2.32. The summed E-state index contributed by atoms with van der Waals surface area (Å²) in [7, 11) is 0.920. The van der Waals surface area contributed by atoms with Gasteiger partial charge in [-0.3, -0.25) is 9.32 Å². The van der Waals surface area contributed by atoms with Crippen LogP contribution >= 0.6 is 7.75 Å². The van der Waals surface area contributed by atoms with Crippen molar-refractivity contribution in [1.29, 1.82) is 0 Å². The van der Waals surface area contributed by atoms with Crippen molar-refractivity contribution in [3.8, 4) is 0 Å². The van der Waals surface area contributed by atoms with Crippen LogP contribution in [0.15, 0.2) is 28.9 Å². The molecule has 2 N–H and O–H groups in total. The molecule has 3 aliphatic heterocycles. The summed E-state index contributed by atoms with van der Waals surface area (Å²) in [6.45, 7) is 6.81. The van der Waals surface area contributed by atoms with Crippen molar-refractivity contribution in [3.63, 3.8) is 0 Å². The second-order valence-electron chi connectivity index (χ2n) is 7.29. The molecule has 3 rings (SSSR count). The molecule has 3 heterocycles. The largest absolute Gasteiger partial charge is 0.454 e. The first kappa shape index (κ1) is 21.8. The number of carbonyl (C=O) groups excluding carboxylic acids is 1. The molecule has 0 spiro atoms. The summed E-state index contributed by atoms with van der Waals surface area (Å²) in [5, 5.41) is 2.67. The van der Waals surface area contributed by atoms with Crippen molar-refractivity contribution in [2.75, 3.05) is 40.9 Å². The van der Waals surface area contributed by atoms with Gasteiger partial charge in [-0.25, -0.2) is 4.57 Å². The average Bonchev–Trinajstić information content (AvgIpc) is 3.21. The molecule has 11 nitrogen and oxygen atoms in total. The molecule has 0 saturated carbocycles. The predicted octanol–water partition coefficient (Wildman–Crippen LogP) is 0.273. The molecule has 29 heavy (non-hydrogen) atoms. The summed E-state index contributed by atoms with van der Waals surface area (Å²) in [4.78, 5) is 27.2. The highest BCUT2D eigenvalue weighted by molar-refractivity contribution is 7.51. The van der Waals surface area contributed by atoms with E-state index in [9.17, 15) is 14.3 Å². The molecular weight excluding hydrogens is 401 g/mol. The van der Waals surface area contributed by atoms with Gasteiger partial charge in [0.15, 0.2) is 0 Å². The molecule has 12 heteroatoms. The van der Waals surface area contributed by atoms with Gasteiger partial charge in [0.2, 0.25) is 5.96 Å². The number of ether oxygens (including phenoxy) is 2. The Morgan fingerprint density at radius 2 is 2.07 bits per heavy atom. The molecule has 2 unspecified atom stereocenters. The molecule has 2 saturated heterocycles. The summed E-state index contributed by atoms with van der Waals surface area (Å²) in [6, 6.07) is 0. The standard InChI is InChI=1S/C17H28N5O6P/c1-11-9-22(12(2)18-16(11)23)15-8-13(26-5)14(28-15)10-27-29(24,25)19-17-20(3)6-7-21(17)4/h9,13-15H,2,6-8,10H2,1,3-5H3,(H,18,23)(H,24,25)/t13?,14-,15-/m1/s1. The maximum Gasteiger partial charge on any atom is 0.454 e. The minimum atomic E-state index is -4.22. The van der Waals surface area contributed by atoms with E-state index in [0.717, 1.165) is 13.1 Å². The van der Waals surface area contributed by atoms with Crippen molar-refractivity contribution >= 4 is 19.6 Å². The molecular formula is C17H28N5O6P. The SMILES string of the molecule is C=C1NC(=O)C(C)=CN1[C@H]1CC(OC)[C@@H](COP(=O)(O)N=C2N(C)CCN2C)O1. The second-order valence-corrected chi connectivity index (χ2v) is 8.73. The number of nitrogens with zero attached hydrogens (tertiary/aromatic N) is 4. The van der Waals surface area contributed by atoms with Gasteiger partial charge in [0, 0.05) is 52.5 Å². The van der Waals surface area contributed by atoms with Crippen LogP contribution in [0.25, 0.3) is 0 Å². The van der Waals surface area contributed by atoms with E-state index < -0.39 is 20.1 Å². The Morgan fingerprint density at radius 1 is 1.41 bits per heavy atom. The van der Waals surface area contributed by atoms with E-state index in [4.69, 9.17) is 14.0 Å². The summed E-state index contributed by atoms with van der Waals surface area (Å²) in [5.74, 6) is 0.591. The maximum atomic E-state index is 12.4. The summed E-state index contributed by atoms with van der Waals surface area (Å²) in [6.07, 6.45) is 0.746. The van der Waals surface area contributed by atoms with E-state index in [1.165, 1.54) is 0 Å². The van der Waals surface area contributed by atoms with Gasteiger partial charge >= 0.3 is 7.75 Å². The number of amides is 1. The fourth-order valence-corrected chi connectivity index (χ4v) is 4.35. The van der Waals surface area contributed by atoms with E-state index in [1.807, 2.05) is 0 Å². The van der Waals surface area contributed by atoms with Crippen LogP contribution in [0.2, 0.25) is 0 Å². The number of rotatable bonds is 6. The molecule has 4 atom stereocenters. The number of methoxy groups -OCH3 is 1. The number of hydrogen-bond acceptors (Lipinski definition) is 6. The maximum absolute atomic E-state index is 12.4. The van der Waals surface area contributed by atoms with Crippen LogP contribution in [0.4, 0.5) is 0 Å². The van der Waals surface area contributed by atoms with Crippen LogP contribution in [0.5, 0.6) is 0 Å². The fourth-order valence-electron chi connectivity index (χ4n) is 3.42. The van der Waals surface area contributed by atoms with Gasteiger partial charge in [-0.2, -0.15) is 0 Å². The Balaban J connectivity index is 1.65. The van der Waals surface area contributed by atoms with Crippen LogP contribution in [0, 0.1) is 0 Å². The van der Waals surface area contributed by atoms with Crippen LogP contribution < -0.4 is 5.32 Å². The van der Waals surface area contributed by atoms with E-state index in [-0.39, 0.29) is 18.6 Å². The molecule has 0 aromatic rings. The van der Waals surface area contributed by atoms with Crippen LogP contribution in [0.3, 0.4) is 0 Å². The zero-order valence-electron chi connectivity index (χ0n) is 17.1. The first-order chi connectivity index (χ1) is 13.6. The minimum Gasteiger partial charge on any atom is -0.378 e. The number of likely N-dealkylation sites (N-methyl/N-ethyl adjacent to an activating group) is 2. The minimum absolute atomic E-state index is 0.164. The quantitative estimate of drug-likeness (QED) is 0.574. The predicted molar refractivity (Wildman–Crippen MR) is 105 cm³/mol. The first-order valence-corrected chi connectivity index (χ1v) is 10.8. The Morgan fingerprint density at radius 3 is 2.69 bits per heavy atom. The highest BCUT2D eigenvalue weighted by Gasteiger charge is 2.41. The molecule has 162 valence electrons. The number of carbonyl (C=O) groups is 1. The first-order valence-electron chi connectivity index (χ1n) is 9.26. The highest BCUT2D eigenvalue weighted by Crippen LogP contribution is 2.45. The lowest BCUT2D eigenvalue weighted by Crippen LogP contribution is -2.42. The number of nitrogens with one attached hydrogen (secondary N) is 1. The highest BCUT2D eigenvalue weighted by atomic mass is 31.2. The Kier molecular flexibility index (Phi) is 6.35. The van der Waals surface area contributed by atoms with Crippen LogP contribution in [0.1, 0.15) is 13.3 Å². The number of guanidine groups is 1. The van der Waals surface area contributed by atoms with Gasteiger partial charge in [-0.05, 0) is 6.92 Å². The third kappa shape index (κ3) is 4.81. The van der Waals surface area contributed by atoms with E-state index in [2.05, 4.69) is 16.7 Å². The van der Waals surface area contributed by atoms with Crippen LogP contribution in [-0.2, 0) is 23.4 Å². The van der Waals surface area contributed by atoms with E-state index >= 15 is 0 Å². The molecule has 0 aromatic carbocycles. The summed E-state index contributed by atoms with van der Waals surface area (Å²) >= 11 is 0. The Labute approximate surface area is 170 Å². The Bertz CT molecular complexity index is 774. The normalized spacial score (nSPS) is 29.8. The van der Waals surface area contributed by atoms with Crippen LogP contribution in [-0.4, -0.2) is 90.8 Å². The van der Waals surface area contributed by atoms with Gasteiger partial charge in [-0.15, -0.1) is 4.76 Å². The zero-order chi connectivity index (χ0) is 21.3. The lowest BCUT2D eigenvalue weighted by atomic mass is 10.1. The van der Waals surface area contributed by atoms with Gasteiger partial charge in [0.05, 0.1) is 12.7 Å². The zero-order valence-corrected chi connectivity index (χ0v) is 18.0. The third-order valence-electron chi connectivity index (χ3n) is 5.13. The van der Waals surface area contributed by atoms with Crippen molar-refractivity contribution < 1.29 is 28.3 Å². The molecule has 3 aliphatic rings. The monoisotopic (exact) mass is 429 g/mol. The van der Waals surface area contributed by atoms with Gasteiger partial charge in [0.1, 0.15) is 18.2 Å². The smallest absolute Gasteiger partial charge is 0.378 e. The van der Waals surface area contributed by atoms with Crippen molar-refractivity contribution in [3.05, 3.63) is 24.2 Å². The summed E-state index contributed by atoms with van der Waals surface area (Å²) < 4.78 is 33.0. The summed E-state index contributed by atoms with van der Waals surface area (Å²) in [5.41, 5.74) is 0.523. The molecule has 0 bridgehead atoms. The van der Waals surface area contributed by atoms with Gasteiger partial charge in [-0.1, -0.05) is 6.58 Å². The lowest BCUT2D eigenvalue weighted by molar-refractivity contribution is -0.118. The molecule has 0 aromatic heterocycles. The third-order valence-corrected chi connectivity index (χ3v) is 6.05. The fraction of sp³-hybridized carbons (Fsp3) is 0.647. The molecule has 0 radical (unpaired) electrons. The Hall–Kier alpha value is -1.91. The van der Waals surface area contributed by atoms with E-state index in [0.29, 0.717) is 23.8 Å². The number of hydrogen-bond donors (Lipinski definition) is 2. The van der Waals surface area contributed by atoms with Crippen molar-refractivity contribution in [2.24, 2.45) is 4.76 Å². The molecule has 0 aliphatic carbocycles. The topological polar surface area (TPSA) is 116 Å². The van der Waals surface area contributed by atoms with Gasteiger partial charge in [0.25, 0.3) is 5.91 Å². The second kappa shape index (κ2) is 8.45. The molecule has 1 amide bonds. The average molecular weight is 429 g/mol. The van der Waals surface area contributed by atoms with Crippen molar-refractivity contribution in [1.82, 2.24) is 20.0 Å². The molecule has 2 fully saturated rings. The van der Waals surface area contributed by atoms with E-state index in [1.54, 1.807) is 49.0 Å². The van der Waals surface area contributed by atoms with Crippen molar-refractivity contribution in [2.45, 2.75) is 31.8 Å².